The molecule has 1 heterocycles. The number of nitrogens with zero attached hydrogens (tertiary/aromatic N) is 2. The second kappa shape index (κ2) is 10.3. The molecule has 2 aromatic carbocycles. The van der Waals surface area contributed by atoms with Crippen molar-refractivity contribution in [2.45, 2.75) is 56.4 Å². The number of benzene rings is 2. The number of anilines is 1. The summed E-state index contributed by atoms with van der Waals surface area (Å²) >= 11 is 0. The van der Waals surface area contributed by atoms with Crippen molar-refractivity contribution in [2.24, 2.45) is 5.92 Å². The zero-order valence-corrected chi connectivity index (χ0v) is 20.6. The molecule has 1 aliphatic carbocycles. The molecule has 34 heavy (non-hydrogen) atoms. The summed E-state index contributed by atoms with van der Waals surface area (Å²) in [5.74, 6) is -1.19. The van der Waals surface area contributed by atoms with Crippen molar-refractivity contribution in [3.8, 4) is 0 Å². The SMILES string of the molecule is CC(OC(=O)C1CCN(S(=O)(=O)c2ccc3c(c2)CCCC3)CC1)C(=O)N(C)c1ccccc1. The number of sulfonamides is 1. The first-order chi connectivity index (χ1) is 16.3. The molecule has 2 aliphatic rings. The molecule has 4 rings (SSSR count). The molecule has 0 saturated carbocycles. The maximum atomic E-state index is 13.2. The number of fused-ring (bicyclic) bond motifs is 1. The molecule has 2 aromatic rings. The zero-order valence-electron chi connectivity index (χ0n) is 19.8. The number of aryl methyl sites for hydroxylation is 2. The summed E-state index contributed by atoms with van der Waals surface area (Å²) in [5, 5.41) is 0. The van der Waals surface area contributed by atoms with Crippen LogP contribution in [0.2, 0.25) is 0 Å². The van der Waals surface area contributed by atoms with E-state index >= 15 is 0 Å². The third kappa shape index (κ3) is 5.18. The van der Waals surface area contributed by atoms with Gasteiger partial charge in [-0.05, 0) is 80.8 Å². The van der Waals surface area contributed by atoms with E-state index in [1.54, 1.807) is 20.0 Å². The van der Waals surface area contributed by atoms with Crippen LogP contribution in [0.4, 0.5) is 5.69 Å². The lowest BCUT2D eigenvalue weighted by atomic mass is 9.92. The van der Waals surface area contributed by atoms with Gasteiger partial charge in [-0.1, -0.05) is 24.3 Å². The van der Waals surface area contributed by atoms with Crippen LogP contribution in [0.1, 0.15) is 43.7 Å². The summed E-state index contributed by atoms with van der Waals surface area (Å²) in [5.41, 5.74) is 3.09. The summed E-state index contributed by atoms with van der Waals surface area (Å²) < 4.78 is 33.3. The van der Waals surface area contributed by atoms with Crippen LogP contribution in [0.25, 0.3) is 0 Å². The van der Waals surface area contributed by atoms with Gasteiger partial charge in [0, 0.05) is 25.8 Å². The number of likely N-dealkylation sites (N-methyl/N-ethyl adjacent to an activating group) is 1. The Labute approximate surface area is 201 Å². The number of esters is 1. The van der Waals surface area contributed by atoms with Crippen molar-refractivity contribution in [1.82, 2.24) is 4.31 Å². The van der Waals surface area contributed by atoms with Crippen LogP contribution in [0.5, 0.6) is 0 Å². The first-order valence-corrected chi connectivity index (χ1v) is 13.4. The maximum absolute atomic E-state index is 13.2. The molecule has 8 heteroatoms. The average molecular weight is 485 g/mol. The highest BCUT2D eigenvalue weighted by atomic mass is 32.2. The first kappa shape index (κ1) is 24.4. The highest BCUT2D eigenvalue weighted by molar-refractivity contribution is 7.89. The highest BCUT2D eigenvalue weighted by Gasteiger charge is 2.34. The third-order valence-electron chi connectivity index (χ3n) is 6.86. The van der Waals surface area contributed by atoms with Crippen LogP contribution in [0, 0.1) is 5.92 Å². The van der Waals surface area contributed by atoms with Crippen LogP contribution < -0.4 is 4.90 Å². The van der Waals surface area contributed by atoms with Crippen molar-refractivity contribution in [2.75, 3.05) is 25.0 Å². The van der Waals surface area contributed by atoms with Crippen molar-refractivity contribution in [3.05, 3.63) is 59.7 Å². The van der Waals surface area contributed by atoms with Gasteiger partial charge >= 0.3 is 5.97 Å². The van der Waals surface area contributed by atoms with Crippen molar-refractivity contribution < 1.29 is 22.7 Å². The van der Waals surface area contributed by atoms with Gasteiger partial charge in [0.1, 0.15) is 0 Å². The van der Waals surface area contributed by atoms with Crippen LogP contribution in [-0.2, 0) is 37.2 Å². The fourth-order valence-electron chi connectivity index (χ4n) is 4.72. The summed E-state index contributed by atoms with van der Waals surface area (Å²) in [7, 11) is -1.96. The Morgan fingerprint density at radius 3 is 2.32 bits per heavy atom. The molecule has 1 amide bonds. The van der Waals surface area contributed by atoms with Gasteiger partial charge < -0.3 is 9.64 Å². The number of ether oxygens (including phenoxy) is 1. The van der Waals surface area contributed by atoms with E-state index in [-0.39, 0.29) is 19.0 Å². The zero-order chi connectivity index (χ0) is 24.3. The predicted octanol–water partition coefficient (Wildman–Crippen LogP) is 3.56. The molecule has 182 valence electrons. The minimum atomic E-state index is -3.60. The molecule has 1 unspecified atom stereocenters. The molecular weight excluding hydrogens is 452 g/mol. The van der Waals surface area contributed by atoms with E-state index in [9.17, 15) is 18.0 Å². The molecule has 1 atom stereocenters. The Morgan fingerprint density at radius 2 is 1.65 bits per heavy atom. The molecule has 0 spiro atoms. The number of carbonyl (C=O) groups is 2. The lowest BCUT2D eigenvalue weighted by molar-refractivity contribution is -0.159. The normalized spacial score (nSPS) is 18.1. The average Bonchev–Trinajstić information content (AvgIpc) is 2.88. The van der Waals surface area contributed by atoms with Gasteiger partial charge in [-0.15, -0.1) is 0 Å². The van der Waals surface area contributed by atoms with Gasteiger partial charge in [0.15, 0.2) is 6.10 Å². The fourth-order valence-corrected chi connectivity index (χ4v) is 6.24. The van der Waals surface area contributed by atoms with Crippen molar-refractivity contribution in [1.29, 1.82) is 0 Å². The van der Waals surface area contributed by atoms with E-state index in [0.29, 0.717) is 17.7 Å². The summed E-state index contributed by atoms with van der Waals surface area (Å²) in [6, 6.07) is 14.6. The number of para-hydroxylation sites is 1. The van der Waals surface area contributed by atoms with Gasteiger partial charge in [0.2, 0.25) is 10.0 Å². The number of amides is 1. The minimum absolute atomic E-state index is 0.255. The van der Waals surface area contributed by atoms with Gasteiger partial charge in [0.05, 0.1) is 10.8 Å². The molecule has 0 N–H and O–H groups in total. The van der Waals surface area contributed by atoms with Crippen molar-refractivity contribution >= 4 is 27.6 Å². The van der Waals surface area contributed by atoms with E-state index < -0.39 is 28.0 Å². The molecular formula is C26H32N2O5S. The number of rotatable bonds is 6. The minimum Gasteiger partial charge on any atom is -0.452 e. The Kier molecular flexibility index (Phi) is 7.38. The summed E-state index contributed by atoms with van der Waals surface area (Å²) in [6.07, 6.45) is 3.99. The quantitative estimate of drug-likeness (QED) is 0.586. The largest absolute Gasteiger partial charge is 0.452 e. The number of piperidine rings is 1. The van der Waals surface area contributed by atoms with Gasteiger partial charge in [-0.3, -0.25) is 9.59 Å². The second-order valence-corrected chi connectivity index (χ2v) is 11.1. The van der Waals surface area contributed by atoms with Crippen LogP contribution >= 0.6 is 0 Å². The lowest BCUT2D eigenvalue weighted by Crippen LogP contribution is -2.42. The molecule has 0 bridgehead atoms. The van der Waals surface area contributed by atoms with Crippen molar-refractivity contribution in [3.63, 3.8) is 0 Å². The fraction of sp³-hybridized carbons (Fsp3) is 0.462. The molecule has 1 aliphatic heterocycles. The molecule has 1 fully saturated rings. The monoisotopic (exact) mass is 484 g/mol. The summed E-state index contributed by atoms with van der Waals surface area (Å²) in [4.78, 5) is 27.2. The van der Waals surface area contributed by atoms with E-state index in [2.05, 4.69) is 0 Å². The van der Waals surface area contributed by atoms with Crippen LogP contribution in [0.15, 0.2) is 53.4 Å². The molecule has 0 aromatic heterocycles. The third-order valence-corrected chi connectivity index (χ3v) is 8.75. The number of hydrogen-bond acceptors (Lipinski definition) is 5. The maximum Gasteiger partial charge on any atom is 0.309 e. The van der Waals surface area contributed by atoms with Crippen LogP contribution in [0.3, 0.4) is 0 Å². The summed E-state index contributed by atoms with van der Waals surface area (Å²) in [6.45, 7) is 2.08. The molecule has 7 nitrogen and oxygen atoms in total. The Hall–Kier alpha value is -2.71. The Balaban J connectivity index is 1.33. The number of carbonyl (C=O) groups excluding carboxylic acids is 2. The Bertz CT molecular complexity index is 1140. The van der Waals surface area contributed by atoms with E-state index in [4.69, 9.17) is 4.74 Å². The smallest absolute Gasteiger partial charge is 0.309 e. The highest BCUT2D eigenvalue weighted by Crippen LogP contribution is 2.28. The predicted molar refractivity (Wildman–Crippen MR) is 130 cm³/mol. The number of hydrogen-bond donors (Lipinski definition) is 0. The van der Waals surface area contributed by atoms with Gasteiger partial charge in [-0.2, -0.15) is 4.31 Å². The topological polar surface area (TPSA) is 84.0 Å². The standard InChI is InChI=1S/C26H32N2O5S/c1-19(25(29)27(2)23-10-4-3-5-11-23)33-26(30)21-14-16-28(17-15-21)34(31,32)24-13-12-20-8-6-7-9-22(20)18-24/h3-5,10-13,18-19,21H,6-9,14-17H2,1-2H3. The van der Waals surface area contributed by atoms with E-state index in [1.165, 1.54) is 14.8 Å². The Morgan fingerprint density at radius 1 is 1.00 bits per heavy atom. The van der Waals surface area contributed by atoms with Gasteiger partial charge in [-0.25, -0.2) is 8.42 Å². The van der Waals surface area contributed by atoms with E-state index in [1.807, 2.05) is 42.5 Å². The lowest BCUT2D eigenvalue weighted by Gasteiger charge is -2.31. The molecule has 0 radical (unpaired) electrons. The van der Waals surface area contributed by atoms with E-state index in [0.717, 1.165) is 36.9 Å². The van der Waals surface area contributed by atoms with Crippen LogP contribution in [-0.4, -0.2) is 50.8 Å². The molecule has 1 saturated heterocycles. The van der Waals surface area contributed by atoms with Gasteiger partial charge in [0.25, 0.3) is 5.91 Å². The first-order valence-electron chi connectivity index (χ1n) is 11.9. The second-order valence-electron chi connectivity index (χ2n) is 9.13.